The fraction of sp³-hybridized carbons (Fsp3) is 0.222. The zero-order valence-corrected chi connectivity index (χ0v) is 13.9. The highest BCUT2D eigenvalue weighted by Gasteiger charge is 2.42. The van der Waals surface area contributed by atoms with Crippen LogP contribution in [0, 0.1) is 11.8 Å². The van der Waals surface area contributed by atoms with E-state index in [2.05, 4.69) is 21.8 Å². The molecular formula is C18H16N4O4. The number of hydrogen-bond acceptors (Lipinski definition) is 6. The van der Waals surface area contributed by atoms with E-state index >= 15 is 0 Å². The smallest absolute Gasteiger partial charge is 0.356 e. The predicted octanol–water partition coefficient (Wildman–Crippen LogP) is 0.369. The molecule has 1 aromatic carbocycles. The van der Waals surface area contributed by atoms with E-state index in [1.807, 2.05) is 0 Å². The number of carbonyl (C=O) groups excluding carboxylic acids is 1. The number of carboxylic acid groups (broad SMARTS) is 1. The van der Waals surface area contributed by atoms with Gasteiger partial charge in [-0.15, -0.1) is 0 Å². The van der Waals surface area contributed by atoms with Crippen molar-refractivity contribution in [3.63, 3.8) is 0 Å². The molecule has 0 saturated carbocycles. The second-order valence-electron chi connectivity index (χ2n) is 5.97. The summed E-state index contributed by atoms with van der Waals surface area (Å²) in [4.78, 5) is 32.6. The van der Waals surface area contributed by atoms with Gasteiger partial charge in [-0.1, -0.05) is 24.0 Å². The van der Waals surface area contributed by atoms with Crippen LogP contribution in [0.1, 0.15) is 22.5 Å². The lowest BCUT2D eigenvalue weighted by atomic mass is 10.0. The summed E-state index contributed by atoms with van der Waals surface area (Å²) in [5.41, 5.74) is 4.66. The molecule has 3 rings (SSSR count). The lowest BCUT2D eigenvalue weighted by molar-refractivity contribution is -0.137. The number of likely N-dealkylation sites (N-methyl/N-ethyl adjacent to an activating group) is 1. The number of aromatic carboxylic acids is 1. The molecule has 1 aliphatic rings. The summed E-state index contributed by atoms with van der Waals surface area (Å²) in [7, 11) is 1.61. The van der Waals surface area contributed by atoms with Crippen molar-refractivity contribution in [3.8, 4) is 23.2 Å². The fourth-order valence-electron chi connectivity index (χ4n) is 2.58. The lowest BCUT2D eigenvalue weighted by Crippen LogP contribution is -2.37. The molecule has 2 heterocycles. The summed E-state index contributed by atoms with van der Waals surface area (Å²) in [6.07, 6.45) is 1.48. The molecule has 1 aliphatic heterocycles. The van der Waals surface area contributed by atoms with E-state index in [0.29, 0.717) is 17.7 Å². The standard InChI is InChI=1S/C18H16N4O4/c1-22-8-7-18(26,17(22)25)6-5-11-3-2-4-12(9-11)15-20-10-13(19)14(21-15)16(23)24/h2-4,9-10,26H,7-8,19H2,1H3,(H,23,24). The van der Waals surface area contributed by atoms with E-state index in [9.17, 15) is 14.7 Å². The number of likely N-dealkylation sites (tertiary alicyclic amines) is 1. The molecule has 1 unspecified atom stereocenters. The average molecular weight is 352 g/mol. The van der Waals surface area contributed by atoms with Crippen molar-refractivity contribution in [2.24, 2.45) is 0 Å². The van der Waals surface area contributed by atoms with Crippen molar-refractivity contribution in [2.75, 3.05) is 19.3 Å². The molecule has 1 amide bonds. The van der Waals surface area contributed by atoms with Gasteiger partial charge >= 0.3 is 5.97 Å². The first-order valence-corrected chi connectivity index (χ1v) is 7.77. The Bertz CT molecular complexity index is 963. The summed E-state index contributed by atoms with van der Waals surface area (Å²) in [5, 5.41) is 19.5. The highest BCUT2D eigenvalue weighted by atomic mass is 16.4. The molecule has 2 aromatic rings. The van der Waals surface area contributed by atoms with Crippen molar-refractivity contribution < 1.29 is 19.8 Å². The van der Waals surface area contributed by atoms with Crippen LogP contribution in [0.3, 0.4) is 0 Å². The van der Waals surface area contributed by atoms with E-state index in [1.165, 1.54) is 11.1 Å². The third-order valence-corrected chi connectivity index (χ3v) is 4.06. The molecule has 26 heavy (non-hydrogen) atoms. The minimum absolute atomic E-state index is 0.0247. The van der Waals surface area contributed by atoms with Crippen LogP contribution in [0.5, 0.6) is 0 Å². The number of aliphatic hydroxyl groups is 1. The number of aromatic nitrogens is 2. The Kier molecular flexibility index (Phi) is 4.32. The van der Waals surface area contributed by atoms with Crippen molar-refractivity contribution in [1.29, 1.82) is 0 Å². The van der Waals surface area contributed by atoms with Gasteiger partial charge in [-0.25, -0.2) is 14.8 Å². The predicted molar refractivity (Wildman–Crippen MR) is 92.9 cm³/mol. The largest absolute Gasteiger partial charge is 0.476 e. The molecule has 0 bridgehead atoms. The molecule has 8 nitrogen and oxygen atoms in total. The second-order valence-corrected chi connectivity index (χ2v) is 5.97. The van der Waals surface area contributed by atoms with Crippen LogP contribution in [0.25, 0.3) is 11.4 Å². The third-order valence-electron chi connectivity index (χ3n) is 4.06. The monoisotopic (exact) mass is 352 g/mol. The molecular weight excluding hydrogens is 336 g/mol. The van der Waals surface area contributed by atoms with Crippen molar-refractivity contribution in [3.05, 3.63) is 41.7 Å². The molecule has 1 atom stereocenters. The number of amides is 1. The summed E-state index contributed by atoms with van der Waals surface area (Å²) in [6, 6.07) is 6.76. The number of nitrogen functional groups attached to an aromatic ring is 1. The maximum atomic E-state index is 12.0. The van der Waals surface area contributed by atoms with E-state index in [0.717, 1.165) is 0 Å². The first-order chi connectivity index (χ1) is 12.3. The topological polar surface area (TPSA) is 130 Å². The molecule has 8 heteroatoms. The average Bonchev–Trinajstić information content (AvgIpc) is 2.88. The Morgan fingerprint density at radius 3 is 2.85 bits per heavy atom. The molecule has 0 spiro atoms. The van der Waals surface area contributed by atoms with Crippen molar-refractivity contribution in [1.82, 2.24) is 14.9 Å². The Hall–Kier alpha value is -3.44. The van der Waals surface area contributed by atoms with Gasteiger partial charge < -0.3 is 20.8 Å². The van der Waals surface area contributed by atoms with Crippen molar-refractivity contribution in [2.45, 2.75) is 12.0 Å². The van der Waals surface area contributed by atoms with Gasteiger partial charge in [0, 0.05) is 31.1 Å². The number of benzene rings is 1. The molecule has 0 radical (unpaired) electrons. The third kappa shape index (κ3) is 3.20. The van der Waals surface area contributed by atoms with Crippen LogP contribution in [0.4, 0.5) is 5.69 Å². The van der Waals surface area contributed by atoms with Gasteiger partial charge in [-0.3, -0.25) is 4.79 Å². The van der Waals surface area contributed by atoms with Crippen molar-refractivity contribution >= 4 is 17.6 Å². The van der Waals surface area contributed by atoms with Crippen LogP contribution in [0.15, 0.2) is 30.5 Å². The maximum Gasteiger partial charge on any atom is 0.356 e. The molecule has 4 N–H and O–H groups in total. The molecule has 132 valence electrons. The SMILES string of the molecule is CN1CCC(O)(C#Cc2cccc(-c3ncc(N)c(C(=O)O)n3)c2)C1=O. The van der Waals surface area contributed by atoms with E-state index in [4.69, 9.17) is 10.8 Å². The normalized spacial score (nSPS) is 19.2. The highest BCUT2D eigenvalue weighted by molar-refractivity contribution is 5.91. The van der Waals surface area contributed by atoms with Crippen LogP contribution in [0.2, 0.25) is 0 Å². The molecule has 0 aliphatic carbocycles. The minimum Gasteiger partial charge on any atom is -0.476 e. The second kappa shape index (κ2) is 6.46. The van der Waals surface area contributed by atoms with E-state index in [-0.39, 0.29) is 23.6 Å². The first kappa shape index (κ1) is 17.4. The van der Waals surface area contributed by atoms with Crippen LogP contribution in [-0.4, -0.2) is 56.2 Å². The number of hydrogen-bond donors (Lipinski definition) is 3. The van der Waals surface area contributed by atoms with Gasteiger partial charge in [0.25, 0.3) is 5.91 Å². The van der Waals surface area contributed by atoms with Gasteiger partial charge in [0.1, 0.15) is 0 Å². The minimum atomic E-state index is -1.68. The Morgan fingerprint density at radius 1 is 1.42 bits per heavy atom. The zero-order valence-electron chi connectivity index (χ0n) is 13.9. The number of carboxylic acids is 1. The quantitative estimate of drug-likeness (QED) is 0.666. The lowest BCUT2D eigenvalue weighted by Gasteiger charge is -2.13. The van der Waals surface area contributed by atoms with E-state index < -0.39 is 17.5 Å². The Morgan fingerprint density at radius 2 is 2.19 bits per heavy atom. The fourth-order valence-corrected chi connectivity index (χ4v) is 2.58. The summed E-state index contributed by atoms with van der Waals surface area (Å²) >= 11 is 0. The Labute approximate surface area is 149 Å². The molecule has 1 saturated heterocycles. The first-order valence-electron chi connectivity index (χ1n) is 7.77. The highest BCUT2D eigenvalue weighted by Crippen LogP contribution is 2.22. The molecule has 1 aromatic heterocycles. The van der Waals surface area contributed by atoms with Gasteiger partial charge in [0.05, 0.1) is 11.9 Å². The summed E-state index contributed by atoms with van der Waals surface area (Å²) in [5.74, 6) is 3.95. The number of anilines is 1. The van der Waals surface area contributed by atoms with Gasteiger partial charge in [-0.05, 0) is 12.1 Å². The van der Waals surface area contributed by atoms with Gasteiger partial charge in [-0.2, -0.15) is 0 Å². The number of nitrogens with zero attached hydrogens (tertiary/aromatic N) is 3. The van der Waals surface area contributed by atoms with Crippen LogP contribution in [-0.2, 0) is 4.79 Å². The number of nitrogens with two attached hydrogens (primary N) is 1. The maximum absolute atomic E-state index is 12.0. The summed E-state index contributed by atoms with van der Waals surface area (Å²) in [6.45, 7) is 0.446. The summed E-state index contributed by atoms with van der Waals surface area (Å²) < 4.78 is 0. The van der Waals surface area contributed by atoms with Gasteiger partial charge in [0.2, 0.25) is 5.60 Å². The van der Waals surface area contributed by atoms with Crippen LogP contribution < -0.4 is 5.73 Å². The zero-order chi connectivity index (χ0) is 18.9. The Balaban J connectivity index is 1.93. The van der Waals surface area contributed by atoms with Gasteiger partial charge in [0.15, 0.2) is 11.5 Å². The van der Waals surface area contributed by atoms with E-state index in [1.54, 1.807) is 31.3 Å². The van der Waals surface area contributed by atoms with Crippen LogP contribution >= 0.6 is 0 Å². The number of carbonyl (C=O) groups is 2. The number of rotatable bonds is 2. The molecule has 1 fully saturated rings.